The molecule has 0 aromatic carbocycles. The van der Waals surface area contributed by atoms with Gasteiger partial charge in [-0.15, -0.1) is 12.4 Å². The standard InChI is InChI=1S/C15H26N4O3.ClH/c1-3-15(4-2)13(21)19(14(22)17-15)10-12(20)18-8-6-5-7-11(18)9-16;/h11H,3-10,16H2,1-2H3,(H,17,22);1H. The van der Waals surface area contributed by atoms with Crippen LogP contribution in [0.15, 0.2) is 0 Å². The first kappa shape index (κ1) is 19.7. The van der Waals surface area contributed by atoms with E-state index in [1.165, 1.54) is 0 Å². The fourth-order valence-electron chi connectivity index (χ4n) is 3.35. The first-order valence-electron chi connectivity index (χ1n) is 8.12. The summed E-state index contributed by atoms with van der Waals surface area (Å²) in [6, 6.07) is -0.451. The Hall–Kier alpha value is -1.34. The van der Waals surface area contributed by atoms with Crippen molar-refractivity contribution in [3.8, 4) is 0 Å². The van der Waals surface area contributed by atoms with Crippen molar-refractivity contribution < 1.29 is 14.4 Å². The van der Waals surface area contributed by atoms with Crippen molar-refractivity contribution in [3.63, 3.8) is 0 Å². The van der Waals surface area contributed by atoms with Crippen LogP contribution in [0.2, 0.25) is 0 Å². The van der Waals surface area contributed by atoms with E-state index in [0.717, 1.165) is 24.2 Å². The van der Waals surface area contributed by atoms with E-state index in [4.69, 9.17) is 5.73 Å². The van der Waals surface area contributed by atoms with Gasteiger partial charge in [-0.25, -0.2) is 4.79 Å². The number of urea groups is 1. The molecule has 2 heterocycles. The van der Waals surface area contributed by atoms with Crippen molar-refractivity contribution in [2.45, 2.75) is 57.5 Å². The van der Waals surface area contributed by atoms with E-state index >= 15 is 0 Å². The number of halogens is 1. The monoisotopic (exact) mass is 346 g/mol. The average molecular weight is 347 g/mol. The van der Waals surface area contributed by atoms with E-state index in [1.807, 2.05) is 13.8 Å². The lowest BCUT2D eigenvalue weighted by atomic mass is 9.93. The number of hydrogen-bond donors (Lipinski definition) is 2. The Morgan fingerprint density at radius 2 is 1.96 bits per heavy atom. The molecule has 2 fully saturated rings. The number of rotatable bonds is 5. The smallest absolute Gasteiger partial charge is 0.325 e. The highest BCUT2D eigenvalue weighted by Gasteiger charge is 2.49. The molecule has 0 aromatic heterocycles. The summed E-state index contributed by atoms with van der Waals surface area (Å²) in [5.74, 6) is -0.487. The molecule has 7 nitrogen and oxygen atoms in total. The summed E-state index contributed by atoms with van der Waals surface area (Å²) in [7, 11) is 0. The maximum absolute atomic E-state index is 12.5. The molecule has 132 valence electrons. The second kappa shape index (κ2) is 7.97. The van der Waals surface area contributed by atoms with E-state index in [2.05, 4.69) is 5.32 Å². The predicted molar refractivity (Wildman–Crippen MR) is 89.2 cm³/mol. The Bertz CT molecular complexity index is 468. The number of piperidine rings is 1. The Morgan fingerprint density at radius 3 is 2.48 bits per heavy atom. The molecule has 0 bridgehead atoms. The van der Waals surface area contributed by atoms with Crippen LogP contribution in [0.4, 0.5) is 4.79 Å². The summed E-state index contributed by atoms with van der Waals surface area (Å²) in [6.45, 7) is 4.60. The molecule has 2 saturated heterocycles. The number of nitrogens with two attached hydrogens (primary N) is 1. The van der Waals surface area contributed by atoms with Crippen molar-refractivity contribution in [1.82, 2.24) is 15.1 Å². The fourth-order valence-corrected chi connectivity index (χ4v) is 3.35. The molecule has 0 aliphatic carbocycles. The SMILES string of the molecule is CCC1(CC)NC(=O)N(CC(=O)N2CCCCC2CN)C1=O.Cl. The zero-order valence-electron chi connectivity index (χ0n) is 13.8. The molecule has 1 unspecified atom stereocenters. The van der Waals surface area contributed by atoms with E-state index in [-0.39, 0.29) is 36.8 Å². The van der Waals surface area contributed by atoms with Gasteiger partial charge in [0.2, 0.25) is 5.91 Å². The quantitative estimate of drug-likeness (QED) is 0.722. The first-order chi connectivity index (χ1) is 10.5. The third-order valence-corrected chi connectivity index (χ3v) is 4.97. The van der Waals surface area contributed by atoms with Gasteiger partial charge >= 0.3 is 6.03 Å². The average Bonchev–Trinajstić information content (AvgIpc) is 2.79. The molecule has 4 amide bonds. The lowest BCUT2D eigenvalue weighted by Crippen LogP contribution is -2.52. The summed E-state index contributed by atoms with van der Waals surface area (Å²) in [6.07, 6.45) is 3.93. The number of amides is 4. The van der Waals surface area contributed by atoms with Gasteiger partial charge in [-0.2, -0.15) is 0 Å². The van der Waals surface area contributed by atoms with Crippen LogP contribution in [0.1, 0.15) is 46.0 Å². The number of nitrogens with one attached hydrogen (secondary N) is 1. The van der Waals surface area contributed by atoms with Crippen LogP contribution in [0.25, 0.3) is 0 Å². The molecule has 1 atom stereocenters. The fraction of sp³-hybridized carbons (Fsp3) is 0.800. The Labute approximate surface area is 143 Å². The van der Waals surface area contributed by atoms with Crippen LogP contribution < -0.4 is 11.1 Å². The Morgan fingerprint density at radius 1 is 1.30 bits per heavy atom. The maximum Gasteiger partial charge on any atom is 0.325 e. The Balaban J connectivity index is 0.00000264. The molecular weight excluding hydrogens is 320 g/mol. The third-order valence-electron chi connectivity index (χ3n) is 4.97. The van der Waals surface area contributed by atoms with Crippen LogP contribution in [0.3, 0.4) is 0 Å². The van der Waals surface area contributed by atoms with Gasteiger partial charge in [0, 0.05) is 19.1 Å². The van der Waals surface area contributed by atoms with E-state index < -0.39 is 11.6 Å². The van der Waals surface area contributed by atoms with Gasteiger partial charge in [0.25, 0.3) is 5.91 Å². The summed E-state index contributed by atoms with van der Waals surface area (Å²) in [4.78, 5) is 39.9. The number of nitrogens with zero attached hydrogens (tertiary/aromatic N) is 2. The zero-order valence-corrected chi connectivity index (χ0v) is 14.7. The van der Waals surface area contributed by atoms with Crippen molar-refractivity contribution >= 4 is 30.3 Å². The van der Waals surface area contributed by atoms with E-state index in [9.17, 15) is 14.4 Å². The normalized spacial score (nSPS) is 23.5. The number of carbonyl (C=O) groups excluding carboxylic acids is 3. The van der Waals surface area contributed by atoms with Crippen LogP contribution in [-0.2, 0) is 9.59 Å². The second-order valence-corrected chi connectivity index (χ2v) is 6.08. The van der Waals surface area contributed by atoms with Crippen molar-refractivity contribution in [2.24, 2.45) is 5.73 Å². The van der Waals surface area contributed by atoms with Gasteiger partial charge in [-0.3, -0.25) is 14.5 Å². The van der Waals surface area contributed by atoms with Crippen LogP contribution in [0, 0.1) is 0 Å². The van der Waals surface area contributed by atoms with Crippen LogP contribution in [0.5, 0.6) is 0 Å². The lowest BCUT2D eigenvalue weighted by Gasteiger charge is -2.35. The minimum absolute atomic E-state index is 0. The molecule has 0 aromatic rings. The van der Waals surface area contributed by atoms with E-state index in [1.54, 1.807) is 4.90 Å². The zero-order chi connectivity index (χ0) is 16.3. The number of likely N-dealkylation sites (tertiary alicyclic amines) is 1. The molecule has 0 saturated carbocycles. The molecule has 0 spiro atoms. The summed E-state index contributed by atoms with van der Waals surface area (Å²) in [5.41, 5.74) is 4.87. The molecule has 3 N–H and O–H groups in total. The van der Waals surface area contributed by atoms with Crippen molar-refractivity contribution in [3.05, 3.63) is 0 Å². The second-order valence-electron chi connectivity index (χ2n) is 6.08. The van der Waals surface area contributed by atoms with Gasteiger partial charge in [0.1, 0.15) is 12.1 Å². The van der Waals surface area contributed by atoms with Gasteiger partial charge in [0.15, 0.2) is 0 Å². The van der Waals surface area contributed by atoms with Gasteiger partial charge in [0.05, 0.1) is 0 Å². The predicted octanol–water partition coefficient (Wildman–Crippen LogP) is 0.859. The first-order valence-corrected chi connectivity index (χ1v) is 8.12. The molecule has 2 rings (SSSR count). The number of imide groups is 1. The Kier molecular flexibility index (Phi) is 6.83. The minimum atomic E-state index is -0.855. The maximum atomic E-state index is 12.5. The molecule has 2 aliphatic heterocycles. The molecule has 0 radical (unpaired) electrons. The molecule has 8 heteroatoms. The summed E-state index contributed by atoms with van der Waals surface area (Å²) in [5, 5.41) is 2.74. The molecular formula is C15H27ClN4O3. The molecule has 2 aliphatic rings. The third kappa shape index (κ3) is 3.61. The summed E-state index contributed by atoms with van der Waals surface area (Å²) < 4.78 is 0. The van der Waals surface area contributed by atoms with Crippen LogP contribution in [-0.4, -0.2) is 58.9 Å². The van der Waals surface area contributed by atoms with Gasteiger partial charge in [-0.1, -0.05) is 13.8 Å². The van der Waals surface area contributed by atoms with Crippen LogP contribution >= 0.6 is 12.4 Å². The largest absolute Gasteiger partial charge is 0.337 e. The number of hydrogen-bond acceptors (Lipinski definition) is 4. The van der Waals surface area contributed by atoms with Crippen molar-refractivity contribution in [2.75, 3.05) is 19.6 Å². The highest BCUT2D eigenvalue weighted by Crippen LogP contribution is 2.25. The number of carbonyl (C=O) groups is 3. The minimum Gasteiger partial charge on any atom is -0.337 e. The van der Waals surface area contributed by atoms with E-state index in [0.29, 0.717) is 25.9 Å². The van der Waals surface area contributed by atoms with Gasteiger partial charge < -0.3 is 16.0 Å². The summed E-state index contributed by atoms with van der Waals surface area (Å²) >= 11 is 0. The lowest BCUT2D eigenvalue weighted by molar-refractivity contribution is -0.141. The topological polar surface area (TPSA) is 95.7 Å². The van der Waals surface area contributed by atoms with Gasteiger partial charge in [-0.05, 0) is 32.1 Å². The highest BCUT2D eigenvalue weighted by atomic mass is 35.5. The molecule has 23 heavy (non-hydrogen) atoms. The van der Waals surface area contributed by atoms with Crippen molar-refractivity contribution in [1.29, 1.82) is 0 Å². The highest BCUT2D eigenvalue weighted by molar-refractivity contribution is 6.09.